The van der Waals surface area contributed by atoms with Crippen LogP contribution in [0.3, 0.4) is 0 Å². The Bertz CT molecular complexity index is 1170. The van der Waals surface area contributed by atoms with Crippen LogP contribution in [0.2, 0.25) is 0 Å². The van der Waals surface area contributed by atoms with Crippen LogP contribution in [0.4, 0.5) is 11.5 Å². The Kier molecular flexibility index (Phi) is 7.17. The van der Waals surface area contributed by atoms with Gasteiger partial charge in [-0.05, 0) is 31.9 Å². The molecule has 1 N–H and O–H groups in total. The molecule has 1 aliphatic rings. The number of ether oxygens (including phenoxy) is 2. The lowest BCUT2D eigenvalue weighted by Gasteiger charge is -2.22. The van der Waals surface area contributed by atoms with Crippen LogP contribution in [0.1, 0.15) is 31.4 Å². The van der Waals surface area contributed by atoms with Gasteiger partial charge in [0, 0.05) is 30.1 Å². The maximum Gasteiger partial charge on any atom is 0.323 e. The van der Waals surface area contributed by atoms with Crippen molar-refractivity contribution in [2.75, 3.05) is 32.1 Å². The molecule has 2 aromatic carbocycles. The molecule has 2 unspecified atom stereocenters. The van der Waals surface area contributed by atoms with Crippen LogP contribution in [0.15, 0.2) is 48.8 Å². The number of hydrogen-bond donors (Lipinski definition) is 1. The van der Waals surface area contributed by atoms with E-state index >= 15 is 0 Å². The standard InChI is InChI=1S/C24H27N5O5/c1-16(17-7-4-3-5-8-17)27-23-18-13-21(29(31)32)22(14-19(18)25-15-26-23)34-12-11-28-10-6-9-20(28)24(30)33-2/h3-5,7-8,13-16,20H,6,9-12H2,1-2H3,(H,25,26,27). The molecule has 0 amide bonds. The van der Waals surface area contributed by atoms with E-state index in [2.05, 4.69) is 15.3 Å². The van der Waals surface area contributed by atoms with E-state index < -0.39 is 4.92 Å². The molecular weight excluding hydrogens is 438 g/mol. The minimum Gasteiger partial charge on any atom is -0.485 e. The number of benzene rings is 2. The summed E-state index contributed by atoms with van der Waals surface area (Å²) in [6.45, 7) is 3.40. The summed E-state index contributed by atoms with van der Waals surface area (Å²) in [7, 11) is 1.37. The average molecular weight is 466 g/mol. The predicted octanol–water partition coefficient (Wildman–Crippen LogP) is 3.73. The van der Waals surface area contributed by atoms with E-state index in [4.69, 9.17) is 9.47 Å². The Balaban J connectivity index is 1.53. The number of likely N-dealkylation sites (tertiary alicyclic amines) is 1. The van der Waals surface area contributed by atoms with Crippen molar-refractivity contribution in [2.45, 2.75) is 31.8 Å². The van der Waals surface area contributed by atoms with Gasteiger partial charge in [0.1, 0.15) is 24.8 Å². The van der Waals surface area contributed by atoms with Gasteiger partial charge in [-0.25, -0.2) is 9.97 Å². The van der Waals surface area contributed by atoms with Gasteiger partial charge in [-0.2, -0.15) is 0 Å². The van der Waals surface area contributed by atoms with Crippen molar-refractivity contribution in [3.63, 3.8) is 0 Å². The quantitative estimate of drug-likeness (QED) is 0.286. The molecule has 0 radical (unpaired) electrons. The molecule has 1 aliphatic heterocycles. The molecule has 1 aromatic heterocycles. The fourth-order valence-corrected chi connectivity index (χ4v) is 4.25. The van der Waals surface area contributed by atoms with Crippen LogP contribution in [0.5, 0.6) is 5.75 Å². The largest absolute Gasteiger partial charge is 0.485 e. The smallest absolute Gasteiger partial charge is 0.323 e. The van der Waals surface area contributed by atoms with Crippen molar-refractivity contribution in [1.29, 1.82) is 0 Å². The van der Waals surface area contributed by atoms with Crippen LogP contribution in [0, 0.1) is 10.1 Å². The van der Waals surface area contributed by atoms with Crippen molar-refractivity contribution in [2.24, 2.45) is 0 Å². The minimum absolute atomic E-state index is 0.0579. The van der Waals surface area contributed by atoms with Crippen LogP contribution in [-0.4, -0.2) is 58.6 Å². The zero-order chi connectivity index (χ0) is 24.1. The number of fused-ring (bicyclic) bond motifs is 1. The summed E-state index contributed by atoms with van der Waals surface area (Å²) in [4.78, 5) is 33.9. The van der Waals surface area contributed by atoms with Crippen molar-refractivity contribution < 1.29 is 19.2 Å². The summed E-state index contributed by atoms with van der Waals surface area (Å²) in [6, 6.07) is 12.5. The number of esters is 1. The number of nitrogens with one attached hydrogen (secondary N) is 1. The maximum absolute atomic E-state index is 11.9. The van der Waals surface area contributed by atoms with Crippen molar-refractivity contribution in [3.8, 4) is 5.75 Å². The van der Waals surface area contributed by atoms with Crippen LogP contribution < -0.4 is 10.1 Å². The molecular formula is C24H27N5O5. The zero-order valence-electron chi connectivity index (χ0n) is 19.1. The van der Waals surface area contributed by atoms with E-state index in [1.165, 1.54) is 19.5 Å². The van der Waals surface area contributed by atoms with Crippen LogP contribution in [-0.2, 0) is 9.53 Å². The highest BCUT2D eigenvalue weighted by atomic mass is 16.6. The molecule has 0 bridgehead atoms. The molecule has 3 aromatic rings. The number of nitro benzene ring substituents is 1. The van der Waals surface area contributed by atoms with Crippen molar-refractivity contribution >= 4 is 28.4 Å². The number of nitro groups is 1. The summed E-state index contributed by atoms with van der Waals surface area (Å²) < 4.78 is 10.7. The Hall–Kier alpha value is -3.79. The lowest BCUT2D eigenvalue weighted by atomic mass is 10.1. The first-order valence-corrected chi connectivity index (χ1v) is 11.2. The summed E-state index contributed by atoms with van der Waals surface area (Å²) in [6.07, 6.45) is 3.05. The van der Waals surface area contributed by atoms with E-state index in [0.717, 1.165) is 24.9 Å². The SMILES string of the molecule is COC(=O)C1CCCN1CCOc1cc2ncnc(NC(C)c3ccccc3)c2cc1[N+](=O)[O-]. The van der Waals surface area contributed by atoms with Gasteiger partial charge in [-0.1, -0.05) is 30.3 Å². The van der Waals surface area contributed by atoms with Gasteiger partial charge in [-0.3, -0.25) is 19.8 Å². The number of nitrogens with zero attached hydrogens (tertiary/aromatic N) is 4. The van der Waals surface area contributed by atoms with Gasteiger partial charge in [0.2, 0.25) is 0 Å². The van der Waals surface area contributed by atoms with Gasteiger partial charge < -0.3 is 14.8 Å². The van der Waals surface area contributed by atoms with Crippen molar-refractivity contribution in [1.82, 2.24) is 14.9 Å². The van der Waals surface area contributed by atoms with Gasteiger partial charge in [0.15, 0.2) is 5.75 Å². The van der Waals surface area contributed by atoms with E-state index in [1.54, 1.807) is 6.07 Å². The topological polar surface area (TPSA) is 120 Å². The zero-order valence-corrected chi connectivity index (χ0v) is 19.1. The molecule has 0 spiro atoms. The highest BCUT2D eigenvalue weighted by molar-refractivity contribution is 5.92. The Morgan fingerprint density at radius 2 is 2.09 bits per heavy atom. The Morgan fingerprint density at radius 1 is 1.29 bits per heavy atom. The lowest BCUT2D eigenvalue weighted by Crippen LogP contribution is -2.39. The normalized spacial score (nSPS) is 16.8. The molecule has 34 heavy (non-hydrogen) atoms. The summed E-state index contributed by atoms with van der Waals surface area (Å²) >= 11 is 0. The Morgan fingerprint density at radius 3 is 2.82 bits per heavy atom. The molecule has 2 heterocycles. The van der Waals surface area contributed by atoms with E-state index in [0.29, 0.717) is 23.3 Å². The van der Waals surface area contributed by atoms with Gasteiger partial charge >= 0.3 is 11.7 Å². The number of hydrogen-bond acceptors (Lipinski definition) is 9. The summed E-state index contributed by atoms with van der Waals surface area (Å²) in [5.74, 6) is 0.372. The van der Waals surface area contributed by atoms with Crippen molar-refractivity contribution in [3.05, 3.63) is 64.5 Å². The highest BCUT2D eigenvalue weighted by Crippen LogP contribution is 2.34. The molecule has 1 fully saturated rings. The second kappa shape index (κ2) is 10.4. The van der Waals surface area contributed by atoms with E-state index in [-0.39, 0.29) is 36.1 Å². The molecule has 4 rings (SSSR count). The number of rotatable bonds is 9. The molecule has 178 valence electrons. The summed E-state index contributed by atoms with van der Waals surface area (Å²) in [5.41, 5.74) is 1.44. The van der Waals surface area contributed by atoms with Gasteiger partial charge in [-0.15, -0.1) is 0 Å². The fraction of sp³-hybridized carbons (Fsp3) is 0.375. The van der Waals surface area contributed by atoms with Gasteiger partial charge in [0.25, 0.3) is 0 Å². The van der Waals surface area contributed by atoms with E-state index in [1.807, 2.05) is 42.2 Å². The molecule has 0 saturated carbocycles. The molecule has 1 saturated heterocycles. The first-order chi connectivity index (χ1) is 16.5. The maximum atomic E-state index is 11.9. The second-order valence-corrected chi connectivity index (χ2v) is 8.16. The number of anilines is 1. The third kappa shape index (κ3) is 5.07. The minimum atomic E-state index is -0.473. The lowest BCUT2D eigenvalue weighted by molar-refractivity contribution is -0.385. The van der Waals surface area contributed by atoms with Crippen LogP contribution in [0.25, 0.3) is 10.9 Å². The number of methoxy groups -OCH3 is 1. The summed E-state index contributed by atoms with van der Waals surface area (Å²) in [5, 5.41) is 15.7. The molecule has 0 aliphatic carbocycles. The third-order valence-electron chi connectivity index (χ3n) is 6.04. The highest BCUT2D eigenvalue weighted by Gasteiger charge is 2.31. The number of aromatic nitrogens is 2. The first-order valence-electron chi connectivity index (χ1n) is 11.2. The predicted molar refractivity (Wildman–Crippen MR) is 127 cm³/mol. The first kappa shape index (κ1) is 23.4. The molecule has 10 nitrogen and oxygen atoms in total. The third-order valence-corrected chi connectivity index (χ3v) is 6.04. The van der Waals surface area contributed by atoms with E-state index in [9.17, 15) is 14.9 Å². The average Bonchev–Trinajstić information content (AvgIpc) is 3.32. The number of carbonyl (C=O) groups is 1. The van der Waals surface area contributed by atoms with Crippen LogP contribution >= 0.6 is 0 Å². The number of carbonyl (C=O) groups excluding carboxylic acids is 1. The second-order valence-electron chi connectivity index (χ2n) is 8.16. The fourth-order valence-electron chi connectivity index (χ4n) is 4.25. The molecule has 10 heteroatoms. The monoisotopic (exact) mass is 465 g/mol. The Labute approximate surface area is 197 Å². The molecule has 2 atom stereocenters. The van der Waals surface area contributed by atoms with Gasteiger partial charge in [0.05, 0.1) is 17.5 Å².